The number of halogens is 1. The number of ether oxygens (including phenoxy) is 2. The van der Waals surface area contributed by atoms with Gasteiger partial charge in [-0.1, -0.05) is 37.6 Å². The Kier molecular flexibility index (Phi) is 8.77. The number of likely N-dealkylation sites (N-methyl/N-ethyl adjacent to an activating group) is 1. The monoisotopic (exact) mass is 404 g/mol. The predicted molar refractivity (Wildman–Crippen MR) is 114 cm³/mol. The second-order valence-corrected chi connectivity index (χ2v) is 6.82. The van der Waals surface area contributed by atoms with E-state index in [1.165, 1.54) is 5.56 Å². The number of nitrogens with zero attached hydrogens (tertiary/aromatic N) is 1. The number of Topliss-reactive ketones (excluding diaryl/α,β-unsaturated/α-hetero) is 1. The molecule has 0 aliphatic rings. The molecule has 2 aromatic carbocycles. The molecular weight excluding hydrogens is 376 g/mol. The topological polar surface area (TPSA) is 50.8 Å². The molecule has 0 aliphatic heterocycles. The summed E-state index contributed by atoms with van der Waals surface area (Å²) in [6.45, 7) is 7.06. The minimum Gasteiger partial charge on any atom is -0.497 e. The molecule has 0 bridgehead atoms. The highest BCUT2D eigenvalue weighted by molar-refractivity contribution is 6.32. The van der Waals surface area contributed by atoms with Crippen molar-refractivity contribution in [1.29, 1.82) is 0 Å². The van der Waals surface area contributed by atoms with Crippen molar-refractivity contribution in [3.05, 3.63) is 58.6 Å². The van der Waals surface area contributed by atoms with E-state index in [0.717, 1.165) is 18.8 Å². The summed E-state index contributed by atoms with van der Waals surface area (Å²) in [6.07, 6.45) is 0. The first-order chi connectivity index (χ1) is 13.5. The zero-order valence-electron chi connectivity index (χ0n) is 17.0. The van der Waals surface area contributed by atoms with Crippen molar-refractivity contribution in [3.63, 3.8) is 0 Å². The van der Waals surface area contributed by atoms with Crippen LogP contribution >= 0.6 is 11.6 Å². The fraction of sp³-hybridized carbons (Fsp3) is 0.409. The van der Waals surface area contributed by atoms with Gasteiger partial charge in [0.2, 0.25) is 0 Å². The van der Waals surface area contributed by atoms with E-state index in [9.17, 15) is 4.79 Å². The van der Waals surface area contributed by atoms with Gasteiger partial charge in [0.25, 0.3) is 0 Å². The van der Waals surface area contributed by atoms with Crippen LogP contribution < -0.4 is 14.8 Å². The highest BCUT2D eigenvalue weighted by Crippen LogP contribution is 2.25. The number of hydrogen-bond acceptors (Lipinski definition) is 5. The molecule has 1 N–H and O–H groups in total. The summed E-state index contributed by atoms with van der Waals surface area (Å²) in [5, 5.41) is 3.75. The summed E-state index contributed by atoms with van der Waals surface area (Å²) in [6, 6.07) is 13.4. The number of nitrogens with one attached hydrogen (secondary N) is 1. The van der Waals surface area contributed by atoms with Crippen molar-refractivity contribution in [2.24, 2.45) is 0 Å². The van der Waals surface area contributed by atoms with Crippen LogP contribution in [-0.4, -0.2) is 51.1 Å². The predicted octanol–water partition coefficient (Wildman–Crippen LogP) is 4.21. The molecule has 28 heavy (non-hydrogen) atoms. The van der Waals surface area contributed by atoms with Gasteiger partial charge in [0.15, 0.2) is 5.78 Å². The minimum atomic E-state index is -0.00224. The number of ketones is 1. The highest BCUT2D eigenvalue weighted by Gasteiger charge is 2.18. The summed E-state index contributed by atoms with van der Waals surface area (Å²) in [5.41, 5.74) is 1.76. The molecule has 0 aromatic heterocycles. The molecule has 2 aromatic rings. The van der Waals surface area contributed by atoms with Crippen molar-refractivity contribution < 1.29 is 14.3 Å². The van der Waals surface area contributed by atoms with Crippen molar-refractivity contribution in [3.8, 4) is 11.5 Å². The molecule has 152 valence electrons. The van der Waals surface area contributed by atoms with Gasteiger partial charge in [0.05, 0.1) is 25.8 Å². The van der Waals surface area contributed by atoms with Crippen molar-refractivity contribution >= 4 is 17.4 Å². The maximum Gasteiger partial charge on any atom is 0.176 e. The molecule has 1 atom stereocenters. The fourth-order valence-electron chi connectivity index (χ4n) is 3.21. The number of methoxy groups -OCH3 is 2. The molecule has 1 unspecified atom stereocenters. The van der Waals surface area contributed by atoms with Gasteiger partial charge >= 0.3 is 0 Å². The van der Waals surface area contributed by atoms with Crippen LogP contribution in [0.3, 0.4) is 0 Å². The molecule has 0 amide bonds. The Labute approximate surface area is 172 Å². The maximum atomic E-state index is 12.5. The van der Waals surface area contributed by atoms with Crippen LogP contribution in [0.15, 0.2) is 42.5 Å². The van der Waals surface area contributed by atoms with Gasteiger partial charge in [-0.05, 0) is 49.0 Å². The molecule has 0 saturated heterocycles. The molecule has 0 fully saturated rings. The van der Waals surface area contributed by atoms with Gasteiger partial charge < -0.3 is 14.8 Å². The van der Waals surface area contributed by atoms with Crippen LogP contribution in [0.2, 0.25) is 5.02 Å². The lowest BCUT2D eigenvalue weighted by Crippen LogP contribution is -2.37. The van der Waals surface area contributed by atoms with Crippen LogP contribution in [0, 0.1) is 0 Å². The van der Waals surface area contributed by atoms with E-state index >= 15 is 0 Å². The Hall–Kier alpha value is -2.08. The number of hydrogen-bond donors (Lipinski definition) is 1. The average Bonchev–Trinajstić information content (AvgIpc) is 2.73. The second kappa shape index (κ2) is 11.1. The Morgan fingerprint density at radius 1 is 1.07 bits per heavy atom. The van der Waals surface area contributed by atoms with Gasteiger partial charge in [-0.2, -0.15) is 0 Å². The quantitative estimate of drug-likeness (QED) is 0.568. The number of carbonyl (C=O) groups excluding carboxylic acids is 1. The van der Waals surface area contributed by atoms with Crippen LogP contribution in [0.1, 0.15) is 35.8 Å². The summed E-state index contributed by atoms with van der Waals surface area (Å²) < 4.78 is 10.4. The summed E-state index contributed by atoms with van der Waals surface area (Å²) in [4.78, 5) is 14.9. The van der Waals surface area contributed by atoms with E-state index in [-0.39, 0.29) is 18.4 Å². The van der Waals surface area contributed by atoms with E-state index < -0.39 is 0 Å². The maximum absolute atomic E-state index is 12.5. The Bertz CT molecular complexity index is 761. The molecule has 2 rings (SSSR count). The largest absolute Gasteiger partial charge is 0.497 e. The average molecular weight is 405 g/mol. The Morgan fingerprint density at radius 3 is 2.29 bits per heavy atom. The number of carbonyl (C=O) groups is 1. The Morgan fingerprint density at radius 2 is 1.75 bits per heavy atom. The van der Waals surface area contributed by atoms with E-state index in [4.69, 9.17) is 21.1 Å². The molecule has 6 heteroatoms. The first kappa shape index (κ1) is 22.2. The third-order valence-electron chi connectivity index (χ3n) is 4.85. The third-order valence-corrected chi connectivity index (χ3v) is 5.15. The van der Waals surface area contributed by atoms with Crippen LogP contribution in [0.25, 0.3) is 0 Å². The van der Waals surface area contributed by atoms with Crippen molar-refractivity contribution in [2.75, 3.05) is 40.4 Å². The van der Waals surface area contributed by atoms with Crippen LogP contribution in [0.5, 0.6) is 11.5 Å². The minimum absolute atomic E-state index is 0.00224. The fourth-order valence-corrected chi connectivity index (χ4v) is 3.47. The zero-order chi connectivity index (χ0) is 20.5. The number of rotatable bonds is 11. The smallest absolute Gasteiger partial charge is 0.176 e. The molecule has 5 nitrogen and oxygen atoms in total. The summed E-state index contributed by atoms with van der Waals surface area (Å²) >= 11 is 6.13. The molecule has 0 heterocycles. The van der Waals surface area contributed by atoms with E-state index in [2.05, 4.69) is 36.2 Å². The van der Waals surface area contributed by atoms with Crippen molar-refractivity contribution in [2.45, 2.75) is 19.9 Å². The first-order valence-corrected chi connectivity index (χ1v) is 9.87. The van der Waals surface area contributed by atoms with Gasteiger partial charge in [-0.3, -0.25) is 9.69 Å². The molecule has 0 radical (unpaired) electrons. The van der Waals surface area contributed by atoms with E-state index in [0.29, 0.717) is 22.9 Å². The van der Waals surface area contributed by atoms with Crippen molar-refractivity contribution in [1.82, 2.24) is 10.2 Å². The van der Waals surface area contributed by atoms with Gasteiger partial charge in [-0.25, -0.2) is 0 Å². The lowest BCUT2D eigenvalue weighted by Gasteiger charge is -2.30. The number of benzene rings is 2. The van der Waals surface area contributed by atoms with Gasteiger partial charge in [-0.15, -0.1) is 0 Å². The standard InChI is InChI=1S/C22H29ClN2O3/c1-5-25(6-2)20(16-7-10-18(27-3)11-8-16)14-24-15-21(26)17-9-12-22(28-4)19(23)13-17/h7-13,20,24H,5-6,14-15H2,1-4H3. The van der Waals surface area contributed by atoms with Crippen LogP contribution in [0.4, 0.5) is 0 Å². The SMILES string of the molecule is CCN(CC)C(CNCC(=O)c1ccc(OC)c(Cl)c1)c1ccc(OC)cc1. The zero-order valence-corrected chi connectivity index (χ0v) is 17.8. The molecule has 0 saturated carbocycles. The molecular formula is C22H29ClN2O3. The molecule has 0 spiro atoms. The lowest BCUT2D eigenvalue weighted by atomic mass is 10.0. The first-order valence-electron chi connectivity index (χ1n) is 9.49. The van der Waals surface area contributed by atoms with E-state index in [1.54, 1.807) is 32.4 Å². The Balaban J connectivity index is 2.04. The normalized spacial score (nSPS) is 12.1. The highest BCUT2D eigenvalue weighted by atomic mass is 35.5. The molecule has 0 aliphatic carbocycles. The second-order valence-electron chi connectivity index (χ2n) is 6.41. The van der Waals surface area contributed by atoms with E-state index in [1.807, 2.05) is 12.1 Å². The lowest BCUT2D eigenvalue weighted by molar-refractivity contribution is 0.0987. The third kappa shape index (κ3) is 5.71. The van der Waals surface area contributed by atoms with Gasteiger partial charge in [0.1, 0.15) is 11.5 Å². The summed E-state index contributed by atoms with van der Waals surface area (Å²) in [7, 11) is 3.21. The van der Waals surface area contributed by atoms with Gasteiger partial charge in [0, 0.05) is 18.2 Å². The van der Waals surface area contributed by atoms with Crippen LogP contribution in [-0.2, 0) is 0 Å². The summed E-state index contributed by atoms with van der Waals surface area (Å²) in [5.74, 6) is 1.39.